The molecule has 7 nitrogen and oxygen atoms in total. The minimum absolute atomic E-state index is 0.0172. The zero-order chi connectivity index (χ0) is 17.7. The third-order valence-corrected chi connectivity index (χ3v) is 4.15. The first-order valence-electron chi connectivity index (χ1n) is 6.57. The van der Waals surface area contributed by atoms with E-state index >= 15 is 0 Å². The average molecular weight is 367 g/mol. The third-order valence-electron chi connectivity index (χ3n) is 2.90. The predicted octanol–water partition coefficient (Wildman–Crippen LogP) is 3.68. The number of halogens is 1. The second-order valence-electron chi connectivity index (χ2n) is 4.58. The van der Waals surface area contributed by atoms with Crippen LogP contribution in [0.1, 0.15) is 10.4 Å². The first-order chi connectivity index (χ1) is 11.4. The molecule has 0 aliphatic heterocycles. The number of thioether (sulfide) groups is 1. The van der Waals surface area contributed by atoms with E-state index in [2.05, 4.69) is 5.32 Å². The van der Waals surface area contributed by atoms with Crippen LogP contribution in [0.15, 0.2) is 47.4 Å². The van der Waals surface area contributed by atoms with E-state index in [-0.39, 0.29) is 22.7 Å². The quantitative estimate of drug-likeness (QED) is 0.458. The Hall–Kier alpha value is -2.58. The maximum absolute atomic E-state index is 12.0. The summed E-state index contributed by atoms with van der Waals surface area (Å²) in [6.07, 6.45) is 0. The van der Waals surface area contributed by atoms with Gasteiger partial charge in [-0.1, -0.05) is 11.6 Å². The number of aromatic carboxylic acids is 1. The summed E-state index contributed by atoms with van der Waals surface area (Å²) in [5.74, 6) is -1.57. The van der Waals surface area contributed by atoms with Crippen molar-refractivity contribution >= 4 is 46.6 Å². The molecular weight excluding hydrogens is 356 g/mol. The molecule has 0 fully saturated rings. The Morgan fingerprint density at radius 1 is 1.21 bits per heavy atom. The normalized spacial score (nSPS) is 10.2. The van der Waals surface area contributed by atoms with Gasteiger partial charge in [-0.3, -0.25) is 14.9 Å². The highest BCUT2D eigenvalue weighted by Crippen LogP contribution is 2.24. The van der Waals surface area contributed by atoms with Crippen LogP contribution in [-0.4, -0.2) is 27.7 Å². The molecule has 124 valence electrons. The Morgan fingerprint density at radius 2 is 1.88 bits per heavy atom. The molecule has 0 spiro atoms. The SMILES string of the molecule is O=C(CSc1ccc([N+](=O)[O-])cc1)Nc1cc(Cl)ccc1C(=O)O. The summed E-state index contributed by atoms with van der Waals surface area (Å²) >= 11 is 6.99. The first-order valence-corrected chi connectivity index (χ1v) is 7.93. The minimum atomic E-state index is -1.18. The fourth-order valence-electron chi connectivity index (χ4n) is 1.81. The second kappa shape index (κ2) is 7.80. The van der Waals surface area contributed by atoms with Crippen LogP contribution >= 0.6 is 23.4 Å². The van der Waals surface area contributed by atoms with Crippen molar-refractivity contribution in [1.82, 2.24) is 0 Å². The van der Waals surface area contributed by atoms with Crippen molar-refractivity contribution in [3.8, 4) is 0 Å². The van der Waals surface area contributed by atoms with Crippen molar-refractivity contribution in [2.75, 3.05) is 11.1 Å². The van der Waals surface area contributed by atoms with E-state index in [4.69, 9.17) is 16.7 Å². The topological polar surface area (TPSA) is 110 Å². The number of nitrogens with one attached hydrogen (secondary N) is 1. The van der Waals surface area contributed by atoms with Gasteiger partial charge in [0.2, 0.25) is 5.91 Å². The lowest BCUT2D eigenvalue weighted by molar-refractivity contribution is -0.384. The number of hydrogen-bond acceptors (Lipinski definition) is 5. The molecule has 0 saturated carbocycles. The molecule has 0 heterocycles. The summed E-state index contributed by atoms with van der Waals surface area (Å²) in [6.45, 7) is 0. The fraction of sp³-hybridized carbons (Fsp3) is 0.0667. The zero-order valence-electron chi connectivity index (χ0n) is 12.1. The zero-order valence-corrected chi connectivity index (χ0v) is 13.6. The van der Waals surface area contributed by atoms with Gasteiger partial charge in [0, 0.05) is 22.1 Å². The van der Waals surface area contributed by atoms with Crippen LogP contribution < -0.4 is 5.32 Å². The molecule has 0 aromatic heterocycles. The molecule has 2 aromatic rings. The molecule has 0 atom stereocenters. The number of rotatable bonds is 6. The van der Waals surface area contributed by atoms with Crippen molar-refractivity contribution in [3.63, 3.8) is 0 Å². The van der Waals surface area contributed by atoms with E-state index in [1.54, 1.807) is 0 Å². The molecule has 24 heavy (non-hydrogen) atoms. The van der Waals surface area contributed by atoms with E-state index in [0.717, 1.165) is 0 Å². The van der Waals surface area contributed by atoms with Crippen molar-refractivity contribution in [3.05, 3.63) is 63.2 Å². The standard InChI is InChI=1S/C15H11ClN2O5S/c16-9-1-6-12(15(20)21)13(7-9)17-14(19)8-24-11-4-2-10(3-5-11)18(22)23/h1-7H,8H2,(H,17,19)(H,20,21). The fourth-order valence-corrected chi connectivity index (χ4v) is 2.68. The van der Waals surface area contributed by atoms with Crippen LogP contribution in [0, 0.1) is 10.1 Å². The highest BCUT2D eigenvalue weighted by Gasteiger charge is 2.13. The van der Waals surface area contributed by atoms with Crippen LogP contribution in [0.5, 0.6) is 0 Å². The van der Waals surface area contributed by atoms with Gasteiger partial charge in [-0.15, -0.1) is 11.8 Å². The molecule has 1 amide bonds. The van der Waals surface area contributed by atoms with Gasteiger partial charge >= 0.3 is 5.97 Å². The summed E-state index contributed by atoms with van der Waals surface area (Å²) in [5, 5.41) is 22.5. The number of carboxylic acid groups (broad SMARTS) is 1. The molecular formula is C15H11ClN2O5S. The van der Waals surface area contributed by atoms with Gasteiger partial charge in [0.15, 0.2) is 0 Å². The Morgan fingerprint density at radius 3 is 2.46 bits per heavy atom. The molecule has 0 radical (unpaired) electrons. The van der Waals surface area contributed by atoms with E-state index in [9.17, 15) is 19.7 Å². The minimum Gasteiger partial charge on any atom is -0.478 e. The molecule has 9 heteroatoms. The number of non-ortho nitro benzene ring substituents is 1. The highest BCUT2D eigenvalue weighted by molar-refractivity contribution is 8.00. The van der Waals surface area contributed by atoms with Crippen molar-refractivity contribution in [2.24, 2.45) is 0 Å². The Balaban J connectivity index is 2.00. The molecule has 2 aromatic carbocycles. The number of carboxylic acids is 1. The molecule has 0 unspecified atom stereocenters. The van der Waals surface area contributed by atoms with E-state index in [0.29, 0.717) is 9.92 Å². The Labute approximate surface area is 145 Å². The van der Waals surface area contributed by atoms with Gasteiger partial charge in [0.05, 0.1) is 21.9 Å². The van der Waals surface area contributed by atoms with Gasteiger partial charge in [0.1, 0.15) is 0 Å². The van der Waals surface area contributed by atoms with E-state index in [1.165, 1.54) is 54.2 Å². The number of amides is 1. The van der Waals surface area contributed by atoms with Crippen LogP contribution in [0.4, 0.5) is 11.4 Å². The molecule has 0 aliphatic rings. The van der Waals surface area contributed by atoms with Crippen LogP contribution in [-0.2, 0) is 4.79 Å². The Kier molecular flexibility index (Phi) is 5.78. The molecule has 0 aliphatic carbocycles. The number of carbonyl (C=O) groups is 2. The van der Waals surface area contributed by atoms with Crippen LogP contribution in [0.3, 0.4) is 0 Å². The molecule has 0 bridgehead atoms. The van der Waals surface area contributed by atoms with Crippen molar-refractivity contribution in [2.45, 2.75) is 4.90 Å². The first kappa shape index (κ1) is 17.8. The lowest BCUT2D eigenvalue weighted by Crippen LogP contribution is -2.16. The molecule has 0 saturated heterocycles. The number of nitro benzene ring substituents is 1. The Bertz CT molecular complexity index is 795. The molecule has 2 N–H and O–H groups in total. The number of nitrogens with zero attached hydrogens (tertiary/aromatic N) is 1. The van der Waals surface area contributed by atoms with Gasteiger partial charge in [-0.25, -0.2) is 4.79 Å². The summed E-state index contributed by atoms with van der Waals surface area (Å²) in [7, 11) is 0. The van der Waals surface area contributed by atoms with Gasteiger partial charge < -0.3 is 10.4 Å². The number of anilines is 1. The number of benzene rings is 2. The second-order valence-corrected chi connectivity index (χ2v) is 6.07. The van der Waals surface area contributed by atoms with Gasteiger partial charge in [0.25, 0.3) is 5.69 Å². The third kappa shape index (κ3) is 4.71. The number of nitro groups is 1. The van der Waals surface area contributed by atoms with Crippen LogP contribution in [0.25, 0.3) is 0 Å². The summed E-state index contributed by atoms with van der Waals surface area (Å²) in [4.78, 5) is 33.8. The van der Waals surface area contributed by atoms with Crippen molar-refractivity contribution < 1.29 is 19.6 Å². The van der Waals surface area contributed by atoms with Crippen LogP contribution in [0.2, 0.25) is 5.02 Å². The average Bonchev–Trinajstić information content (AvgIpc) is 2.53. The largest absolute Gasteiger partial charge is 0.478 e. The monoisotopic (exact) mass is 366 g/mol. The van der Waals surface area contributed by atoms with Gasteiger partial charge in [-0.05, 0) is 30.3 Å². The summed E-state index contributed by atoms with van der Waals surface area (Å²) in [6, 6.07) is 9.87. The summed E-state index contributed by atoms with van der Waals surface area (Å²) < 4.78 is 0. The lowest BCUT2D eigenvalue weighted by Gasteiger charge is -2.09. The van der Waals surface area contributed by atoms with Gasteiger partial charge in [-0.2, -0.15) is 0 Å². The molecule has 2 rings (SSSR count). The lowest BCUT2D eigenvalue weighted by atomic mass is 10.2. The maximum atomic E-state index is 12.0. The van der Waals surface area contributed by atoms with E-state index < -0.39 is 16.8 Å². The number of hydrogen-bond donors (Lipinski definition) is 2. The smallest absolute Gasteiger partial charge is 0.337 e. The predicted molar refractivity (Wildman–Crippen MR) is 90.9 cm³/mol. The summed E-state index contributed by atoms with van der Waals surface area (Å²) in [5.41, 5.74) is 0.0196. The highest BCUT2D eigenvalue weighted by atomic mass is 35.5. The number of carbonyl (C=O) groups excluding carboxylic acids is 1. The van der Waals surface area contributed by atoms with E-state index in [1.807, 2.05) is 0 Å². The van der Waals surface area contributed by atoms with Crippen molar-refractivity contribution in [1.29, 1.82) is 0 Å². The maximum Gasteiger partial charge on any atom is 0.337 e.